The van der Waals surface area contributed by atoms with E-state index in [-0.39, 0.29) is 23.5 Å². The Labute approximate surface area is 238 Å². The predicted octanol–water partition coefficient (Wildman–Crippen LogP) is 5.21. The Hall–Kier alpha value is -4.10. The van der Waals surface area contributed by atoms with E-state index in [4.69, 9.17) is 20.9 Å². The number of ether oxygens (including phenoxy) is 2. The number of nitrogens with two attached hydrogens (primary N) is 2. The second-order valence-electron chi connectivity index (χ2n) is 8.62. The first-order valence-electron chi connectivity index (χ1n) is 13.0. The van der Waals surface area contributed by atoms with Crippen LogP contribution in [-0.2, 0) is 14.8 Å². The van der Waals surface area contributed by atoms with Gasteiger partial charge >= 0.3 is 0 Å². The third-order valence-corrected chi connectivity index (χ3v) is 7.03. The number of aromatic nitrogens is 3. The van der Waals surface area contributed by atoms with E-state index in [1.807, 2.05) is 13.8 Å². The molecule has 2 aromatic heterocycles. The average molecular weight is 589 g/mol. The molecule has 0 fully saturated rings. The Morgan fingerprint density at radius 3 is 2.34 bits per heavy atom. The second kappa shape index (κ2) is 14.5. The van der Waals surface area contributed by atoms with E-state index < -0.39 is 28.3 Å². The largest absolute Gasteiger partial charge is 0.492 e. The SMILES string of the molecule is CCOCC.CCOc1cc(-c2cccc(NS(=O)(=O)CCCF)c2F)cc2c(N)nc(-c3ccc(N)nc3)nc12. The molecule has 0 aliphatic rings. The summed E-state index contributed by atoms with van der Waals surface area (Å²) in [4.78, 5) is 13.0. The number of nitrogens with zero attached hydrogens (tertiary/aromatic N) is 3. The van der Waals surface area contributed by atoms with Crippen molar-refractivity contribution in [3.05, 3.63) is 54.5 Å². The summed E-state index contributed by atoms with van der Waals surface area (Å²) in [6.45, 7) is 6.97. The summed E-state index contributed by atoms with van der Waals surface area (Å²) in [6, 6.07) is 10.8. The molecular weight excluding hydrogens is 554 g/mol. The van der Waals surface area contributed by atoms with Crippen LogP contribution in [0.5, 0.6) is 5.75 Å². The van der Waals surface area contributed by atoms with Crippen molar-refractivity contribution >= 4 is 38.2 Å². The molecule has 0 unspecified atom stereocenters. The molecule has 0 radical (unpaired) electrons. The lowest BCUT2D eigenvalue weighted by molar-refractivity contribution is 0.162. The molecule has 41 heavy (non-hydrogen) atoms. The Kier molecular flexibility index (Phi) is 11.1. The van der Waals surface area contributed by atoms with Crippen LogP contribution in [0.25, 0.3) is 33.4 Å². The quantitative estimate of drug-likeness (QED) is 0.214. The molecule has 4 rings (SSSR count). The van der Waals surface area contributed by atoms with Gasteiger partial charge in [0.1, 0.15) is 22.9 Å². The molecular formula is C28H34F2N6O4S. The Bertz CT molecular complexity index is 1570. The van der Waals surface area contributed by atoms with Crippen LogP contribution in [0.2, 0.25) is 0 Å². The first kappa shape index (κ1) is 31.4. The predicted molar refractivity (Wildman–Crippen MR) is 158 cm³/mol. The summed E-state index contributed by atoms with van der Waals surface area (Å²) in [5.74, 6) is -0.113. The van der Waals surface area contributed by atoms with Crippen LogP contribution in [0.1, 0.15) is 27.2 Å². The summed E-state index contributed by atoms with van der Waals surface area (Å²) < 4.78 is 65.0. The van der Waals surface area contributed by atoms with Gasteiger partial charge in [0.05, 0.1) is 24.7 Å². The fourth-order valence-corrected chi connectivity index (χ4v) is 4.90. The highest BCUT2D eigenvalue weighted by Gasteiger charge is 2.19. The molecule has 0 saturated carbocycles. The normalized spacial score (nSPS) is 11.1. The number of rotatable bonds is 11. The van der Waals surface area contributed by atoms with Crippen LogP contribution in [0.3, 0.4) is 0 Å². The lowest BCUT2D eigenvalue weighted by atomic mass is 10.0. The van der Waals surface area contributed by atoms with Crippen LogP contribution in [0.15, 0.2) is 48.7 Å². The first-order valence-corrected chi connectivity index (χ1v) is 14.7. The molecule has 220 valence electrons. The number of anilines is 3. The summed E-state index contributed by atoms with van der Waals surface area (Å²) in [6.07, 6.45) is 1.34. The maximum atomic E-state index is 15.4. The number of pyridine rings is 1. The number of fused-ring (bicyclic) bond motifs is 1. The number of alkyl halides is 1. The molecule has 5 N–H and O–H groups in total. The summed E-state index contributed by atoms with van der Waals surface area (Å²) in [5, 5.41) is 0.427. The van der Waals surface area contributed by atoms with Crippen molar-refractivity contribution in [3.63, 3.8) is 0 Å². The number of hydrogen-bond donors (Lipinski definition) is 3. The van der Waals surface area contributed by atoms with Crippen molar-refractivity contribution in [3.8, 4) is 28.3 Å². The highest BCUT2D eigenvalue weighted by Crippen LogP contribution is 2.37. The number of halogens is 2. The van der Waals surface area contributed by atoms with Gasteiger partial charge in [-0.1, -0.05) is 12.1 Å². The van der Waals surface area contributed by atoms with Crippen LogP contribution in [0, 0.1) is 5.82 Å². The third-order valence-electron chi connectivity index (χ3n) is 5.67. The minimum absolute atomic E-state index is 0.106. The van der Waals surface area contributed by atoms with Crippen molar-refractivity contribution in [2.75, 3.05) is 48.4 Å². The van der Waals surface area contributed by atoms with E-state index in [1.54, 1.807) is 31.2 Å². The lowest BCUT2D eigenvalue weighted by Crippen LogP contribution is -2.18. The molecule has 0 spiro atoms. The maximum Gasteiger partial charge on any atom is 0.232 e. The van der Waals surface area contributed by atoms with Gasteiger partial charge in [-0.05, 0) is 63.1 Å². The van der Waals surface area contributed by atoms with Crippen molar-refractivity contribution in [2.45, 2.75) is 27.2 Å². The van der Waals surface area contributed by atoms with Crippen LogP contribution in [-0.4, -0.2) is 55.6 Å². The first-order chi connectivity index (χ1) is 19.6. The van der Waals surface area contributed by atoms with E-state index >= 15 is 4.39 Å². The summed E-state index contributed by atoms with van der Waals surface area (Å²) in [7, 11) is -3.92. The van der Waals surface area contributed by atoms with Gasteiger partial charge < -0.3 is 20.9 Å². The van der Waals surface area contributed by atoms with Gasteiger partial charge in [0.25, 0.3) is 0 Å². The molecule has 2 aromatic carbocycles. The number of hydrogen-bond acceptors (Lipinski definition) is 9. The molecule has 2 heterocycles. The van der Waals surface area contributed by atoms with Gasteiger partial charge in [0.15, 0.2) is 11.6 Å². The van der Waals surface area contributed by atoms with E-state index in [9.17, 15) is 12.8 Å². The van der Waals surface area contributed by atoms with Crippen molar-refractivity contribution in [1.82, 2.24) is 15.0 Å². The molecule has 10 nitrogen and oxygen atoms in total. The molecule has 4 aromatic rings. The minimum Gasteiger partial charge on any atom is -0.492 e. The highest BCUT2D eigenvalue weighted by atomic mass is 32.2. The average Bonchev–Trinajstić information content (AvgIpc) is 2.94. The Morgan fingerprint density at radius 1 is 0.976 bits per heavy atom. The van der Waals surface area contributed by atoms with E-state index in [2.05, 4.69) is 19.7 Å². The van der Waals surface area contributed by atoms with Crippen molar-refractivity contribution in [1.29, 1.82) is 0 Å². The Balaban J connectivity index is 0.000000850. The van der Waals surface area contributed by atoms with Gasteiger partial charge in [0.2, 0.25) is 10.0 Å². The van der Waals surface area contributed by atoms with Crippen LogP contribution < -0.4 is 20.9 Å². The molecule has 0 amide bonds. The fraction of sp³-hybridized carbons (Fsp3) is 0.321. The molecule has 0 aliphatic carbocycles. The van der Waals surface area contributed by atoms with Gasteiger partial charge in [-0.3, -0.25) is 9.11 Å². The fourth-order valence-electron chi connectivity index (χ4n) is 3.81. The molecule has 0 saturated heterocycles. The molecule has 0 aliphatic heterocycles. The van der Waals surface area contributed by atoms with Gasteiger partial charge in [-0.15, -0.1) is 0 Å². The van der Waals surface area contributed by atoms with E-state index in [0.29, 0.717) is 46.0 Å². The zero-order valence-electron chi connectivity index (χ0n) is 23.2. The molecule has 0 bridgehead atoms. The zero-order valence-corrected chi connectivity index (χ0v) is 24.0. The maximum absolute atomic E-state index is 15.4. The number of nitrogens with one attached hydrogen (secondary N) is 1. The summed E-state index contributed by atoms with van der Waals surface area (Å²) in [5.41, 5.74) is 13.2. The Morgan fingerprint density at radius 2 is 1.73 bits per heavy atom. The van der Waals surface area contributed by atoms with E-state index in [1.165, 1.54) is 24.4 Å². The van der Waals surface area contributed by atoms with E-state index in [0.717, 1.165) is 13.2 Å². The van der Waals surface area contributed by atoms with Gasteiger partial charge in [-0.25, -0.2) is 27.8 Å². The van der Waals surface area contributed by atoms with Gasteiger partial charge in [-0.2, -0.15) is 0 Å². The highest BCUT2D eigenvalue weighted by molar-refractivity contribution is 7.92. The number of nitrogen functional groups attached to an aromatic ring is 2. The van der Waals surface area contributed by atoms with Crippen molar-refractivity contribution < 1.29 is 26.7 Å². The molecule has 13 heteroatoms. The standard InChI is InChI=1S/C24H24F2N6O3S.C4H10O/c1-2-35-19-12-15(16-5-3-6-18(21(16)26)32-36(33,34)10-4-9-25)11-17-22(19)30-24(31-23(17)28)14-7-8-20(27)29-13-14;1-3-5-4-2/h3,5-8,11-13,32H,2,4,9-10H2,1H3,(H2,27,29)(H2,28,30,31);3-4H2,1-2H3. The smallest absolute Gasteiger partial charge is 0.232 e. The number of benzene rings is 2. The van der Waals surface area contributed by atoms with Crippen LogP contribution >= 0.6 is 0 Å². The number of sulfonamides is 1. The minimum atomic E-state index is -3.92. The monoisotopic (exact) mass is 588 g/mol. The van der Waals surface area contributed by atoms with Crippen LogP contribution in [0.4, 0.5) is 26.1 Å². The van der Waals surface area contributed by atoms with Crippen molar-refractivity contribution in [2.24, 2.45) is 0 Å². The molecule has 0 atom stereocenters. The third kappa shape index (κ3) is 8.21. The lowest BCUT2D eigenvalue weighted by Gasteiger charge is -2.15. The second-order valence-corrected chi connectivity index (χ2v) is 10.5. The van der Waals surface area contributed by atoms with Gasteiger partial charge in [0, 0.05) is 35.9 Å². The topological polar surface area (TPSA) is 155 Å². The zero-order chi connectivity index (χ0) is 30.0. The summed E-state index contributed by atoms with van der Waals surface area (Å²) >= 11 is 0.